The summed E-state index contributed by atoms with van der Waals surface area (Å²) in [6.45, 7) is 4.28. The standard InChI is InChI=1S/C25H21N3O2/c1-16(2)28-15-18(20-9-5-6-10-22(20)28)14-26-27-25(29)24-13-21-19-8-4-3-7-17(19)11-12-23(21)30-24/h3-16H,1-2H3,(H,27,29). The first-order valence-electron chi connectivity index (χ1n) is 9.96. The minimum Gasteiger partial charge on any atom is -0.451 e. The average molecular weight is 395 g/mol. The molecule has 0 unspecified atom stereocenters. The van der Waals surface area contributed by atoms with Crippen LogP contribution in [0.1, 0.15) is 36.0 Å². The fourth-order valence-corrected chi connectivity index (χ4v) is 3.88. The van der Waals surface area contributed by atoms with Gasteiger partial charge < -0.3 is 8.98 Å². The third-order valence-corrected chi connectivity index (χ3v) is 5.35. The molecule has 5 rings (SSSR count). The lowest BCUT2D eigenvalue weighted by atomic mass is 10.1. The van der Waals surface area contributed by atoms with Crippen molar-refractivity contribution in [3.05, 3.63) is 84.3 Å². The minimum atomic E-state index is -0.376. The molecule has 0 saturated carbocycles. The number of hydrogen-bond donors (Lipinski definition) is 1. The van der Waals surface area contributed by atoms with Gasteiger partial charge in [0.15, 0.2) is 5.76 Å². The average Bonchev–Trinajstić information content (AvgIpc) is 3.36. The van der Waals surface area contributed by atoms with Crippen molar-refractivity contribution >= 4 is 44.8 Å². The van der Waals surface area contributed by atoms with E-state index in [1.54, 1.807) is 12.3 Å². The molecule has 0 bridgehead atoms. The molecule has 0 aliphatic heterocycles. The van der Waals surface area contributed by atoms with E-state index in [2.05, 4.69) is 47.3 Å². The van der Waals surface area contributed by atoms with Crippen molar-refractivity contribution in [3.8, 4) is 0 Å². The topological polar surface area (TPSA) is 59.5 Å². The molecule has 148 valence electrons. The molecule has 0 aliphatic rings. The zero-order chi connectivity index (χ0) is 20.7. The molecule has 1 amide bonds. The fraction of sp³-hybridized carbons (Fsp3) is 0.120. The summed E-state index contributed by atoms with van der Waals surface area (Å²) in [6.07, 6.45) is 3.73. The van der Waals surface area contributed by atoms with E-state index in [9.17, 15) is 4.79 Å². The Bertz CT molecular complexity index is 1420. The predicted octanol–water partition coefficient (Wildman–Crippen LogP) is 5.89. The van der Waals surface area contributed by atoms with Crippen LogP contribution in [0.2, 0.25) is 0 Å². The van der Waals surface area contributed by atoms with Gasteiger partial charge in [-0.05, 0) is 42.8 Å². The van der Waals surface area contributed by atoms with Gasteiger partial charge in [0.1, 0.15) is 5.58 Å². The number of nitrogens with zero attached hydrogens (tertiary/aromatic N) is 2. The molecular formula is C25H21N3O2. The Morgan fingerprint density at radius 1 is 1.00 bits per heavy atom. The maximum Gasteiger partial charge on any atom is 0.307 e. The molecular weight excluding hydrogens is 374 g/mol. The third-order valence-electron chi connectivity index (χ3n) is 5.35. The Labute approximate surface area is 173 Å². The lowest BCUT2D eigenvalue weighted by molar-refractivity contribution is 0.0929. The van der Waals surface area contributed by atoms with E-state index in [1.165, 1.54) is 0 Å². The van der Waals surface area contributed by atoms with E-state index in [0.29, 0.717) is 11.6 Å². The number of carbonyl (C=O) groups is 1. The number of hydrazone groups is 1. The largest absolute Gasteiger partial charge is 0.451 e. The number of amides is 1. The van der Waals surface area contributed by atoms with Crippen molar-refractivity contribution in [1.29, 1.82) is 0 Å². The second kappa shape index (κ2) is 7.19. The van der Waals surface area contributed by atoms with Crippen LogP contribution < -0.4 is 5.43 Å². The second-order valence-corrected chi connectivity index (χ2v) is 7.61. The molecule has 0 fully saturated rings. The number of aromatic nitrogens is 1. The van der Waals surface area contributed by atoms with Gasteiger partial charge in [-0.3, -0.25) is 4.79 Å². The molecule has 0 atom stereocenters. The van der Waals surface area contributed by atoms with Gasteiger partial charge in [0.25, 0.3) is 0 Å². The summed E-state index contributed by atoms with van der Waals surface area (Å²) in [5.41, 5.74) is 5.37. The molecule has 30 heavy (non-hydrogen) atoms. The number of nitrogens with one attached hydrogen (secondary N) is 1. The Kier molecular flexibility index (Phi) is 4.36. The van der Waals surface area contributed by atoms with Crippen molar-refractivity contribution in [2.45, 2.75) is 19.9 Å². The number of hydrogen-bond acceptors (Lipinski definition) is 3. The highest BCUT2D eigenvalue weighted by Crippen LogP contribution is 2.28. The molecule has 2 aromatic heterocycles. The summed E-state index contributed by atoms with van der Waals surface area (Å²) in [5.74, 6) is -0.137. The Morgan fingerprint density at radius 2 is 1.77 bits per heavy atom. The van der Waals surface area contributed by atoms with Crippen molar-refractivity contribution in [3.63, 3.8) is 0 Å². The molecule has 0 aliphatic carbocycles. The predicted molar refractivity (Wildman–Crippen MR) is 121 cm³/mol. The smallest absolute Gasteiger partial charge is 0.307 e. The summed E-state index contributed by atoms with van der Waals surface area (Å²) in [7, 11) is 0. The summed E-state index contributed by atoms with van der Waals surface area (Å²) < 4.78 is 7.95. The summed E-state index contributed by atoms with van der Waals surface area (Å²) in [5, 5.41) is 8.36. The van der Waals surface area contributed by atoms with E-state index in [4.69, 9.17) is 4.42 Å². The summed E-state index contributed by atoms with van der Waals surface area (Å²) in [4.78, 5) is 12.6. The van der Waals surface area contributed by atoms with Gasteiger partial charge in [0, 0.05) is 34.1 Å². The van der Waals surface area contributed by atoms with Crippen LogP contribution in [0, 0.1) is 0 Å². The Morgan fingerprint density at radius 3 is 2.60 bits per heavy atom. The highest BCUT2D eigenvalue weighted by molar-refractivity contribution is 6.08. The zero-order valence-corrected chi connectivity index (χ0v) is 16.8. The molecule has 5 aromatic rings. The Hall–Kier alpha value is -3.86. The molecule has 5 heteroatoms. The van der Waals surface area contributed by atoms with Crippen molar-refractivity contribution in [1.82, 2.24) is 9.99 Å². The normalized spacial score (nSPS) is 12.0. The monoisotopic (exact) mass is 395 g/mol. The number of benzene rings is 3. The molecule has 0 saturated heterocycles. The molecule has 0 spiro atoms. The maximum atomic E-state index is 12.6. The molecule has 0 radical (unpaired) electrons. The number of furan rings is 1. The van der Waals surface area contributed by atoms with Crippen LogP contribution in [0.4, 0.5) is 0 Å². The van der Waals surface area contributed by atoms with Crippen LogP contribution in [0.25, 0.3) is 32.6 Å². The van der Waals surface area contributed by atoms with Crippen molar-refractivity contribution in [2.75, 3.05) is 0 Å². The van der Waals surface area contributed by atoms with Crippen LogP contribution in [-0.2, 0) is 0 Å². The van der Waals surface area contributed by atoms with Crippen LogP contribution >= 0.6 is 0 Å². The Balaban J connectivity index is 1.42. The van der Waals surface area contributed by atoms with Gasteiger partial charge in [0.2, 0.25) is 0 Å². The van der Waals surface area contributed by atoms with E-state index < -0.39 is 0 Å². The van der Waals surface area contributed by atoms with Gasteiger partial charge >= 0.3 is 5.91 Å². The van der Waals surface area contributed by atoms with Gasteiger partial charge in [-0.15, -0.1) is 0 Å². The highest BCUT2D eigenvalue weighted by Gasteiger charge is 2.14. The first-order chi connectivity index (χ1) is 14.6. The van der Waals surface area contributed by atoms with Gasteiger partial charge in [-0.25, -0.2) is 5.43 Å². The minimum absolute atomic E-state index is 0.239. The first-order valence-corrected chi connectivity index (χ1v) is 9.96. The fourth-order valence-electron chi connectivity index (χ4n) is 3.88. The van der Waals surface area contributed by atoms with Crippen molar-refractivity contribution in [2.24, 2.45) is 5.10 Å². The SMILES string of the molecule is CC(C)n1cc(C=NNC(=O)c2cc3c(ccc4ccccc43)o2)c2ccccc21. The highest BCUT2D eigenvalue weighted by atomic mass is 16.3. The van der Waals surface area contributed by atoms with Crippen molar-refractivity contribution < 1.29 is 9.21 Å². The molecule has 1 N–H and O–H groups in total. The van der Waals surface area contributed by atoms with E-state index in [0.717, 1.165) is 32.6 Å². The summed E-state index contributed by atoms with van der Waals surface area (Å²) in [6, 6.07) is 22.2. The van der Waals surface area contributed by atoms with E-state index in [1.807, 2.05) is 48.5 Å². The van der Waals surface area contributed by atoms with Gasteiger partial charge in [0.05, 0.1) is 6.21 Å². The number of rotatable bonds is 4. The number of carbonyl (C=O) groups excluding carboxylic acids is 1. The third kappa shape index (κ3) is 3.05. The van der Waals surface area contributed by atoms with E-state index >= 15 is 0 Å². The van der Waals surface area contributed by atoms with Crippen LogP contribution in [0.3, 0.4) is 0 Å². The van der Waals surface area contributed by atoms with Crippen LogP contribution in [0.15, 0.2) is 82.4 Å². The summed E-state index contributed by atoms with van der Waals surface area (Å²) >= 11 is 0. The number of para-hydroxylation sites is 1. The molecule has 5 nitrogen and oxygen atoms in total. The number of fused-ring (bicyclic) bond motifs is 4. The lowest BCUT2D eigenvalue weighted by Gasteiger charge is -2.08. The second-order valence-electron chi connectivity index (χ2n) is 7.61. The van der Waals surface area contributed by atoms with Crippen LogP contribution in [0.5, 0.6) is 0 Å². The zero-order valence-electron chi connectivity index (χ0n) is 16.8. The van der Waals surface area contributed by atoms with Crippen LogP contribution in [-0.4, -0.2) is 16.7 Å². The first kappa shape index (κ1) is 18.2. The maximum absolute atomic E-state index is 12.6. The lowest BCUT2D eigenvalue weighted by Crippen LogP contribution is -2.16. The van der Waals surface area contributed by atoms with Gasteiger partial charge in [-0.2, -0.15) is 5.10 Å². The molecule has 3 aromatic carbocycles. The van der Waals surface area contributed by atoms with E-state index in [-0.39, 0.29) is 11.7 Å². The quantitative estimate of drug-likeness (QED) is 0.305. The molecule has 2 heterocycles. The van der Waals surface area contributed by atoms with Gasteiger partial charge in [-0.1, -0.05) is 48.5 Å².